The fourth-order valence-corrected chi connectivity index (χ4v) is 3.83. The van der Waals surface area contributed by atoms with Gasteiger partial charge >= 0.3 is 0 Å². The third-order valence-corrected chi connectivity index (χ3v) is 5.37. The van der Waals surface area contributed by atoms with Crippen LogP contribution in [0, 0.1) is 11.8 Å². The summed E-state index contributed by atoms with van der Waals surface area (Å²) in [6, 6.07) is 10.9. The number of hydrogen-bond acceptors (Lipinski definition) is 3. The summed E-state index contributed by atoms with van der Waals surface area (Å²) in [5.41, 5.74) is 7.28. The summed E-state index contributed by atoms with van der Waals surface area (Å²) in [6.07, 6.45) is 5.18. The van der Waals surface area contributed by atoms with Crippen molar-refractivity contribution in [1.82, 2.24) is 10.2 Å². The van der Waals surface area contributed by atoms with E-state index < -0.39 is 0 Å². The molecule has 1 saturated heterocycles. The van der Waals surface area contributed by atoms with Gasteiger partial charge in [-0.1, -0.05) is 30.3 Å². The van der Waals surface area contributed by atoms with Crippen molar-refractivity contribution in [3.63, 3.8) is 0 Å². The highest BCUT2D eigenvalue weighted by Gasteiger charge is 2.28. The molecule has 4 nitrogen and oxygen atoms in total. The predicted octanol–water partition coefficient (Wildman–Crippen LogP) is 2.99. The van der Waals surface area contributed by atoms with E-state index in [-0.39, 0.29) is 42.7 Å². The summed E-state index contributed by atoms with van der Waals surface area (Å²) in [5.74, 6) is 1.01. The van der Waals surface area contributed by atoms with Crippen molar-refractivity contribution in [2.24, 2.45) is 17.6 Å². The number of rotatable bonds is 5. The molecule has 2 atom stereocenters. The Kier molecular flexibility index (Phi) is 9.80. The van der Waals surface area contributed by atoms with Gasteiger partial charge in [-0.2, -0.15) is 0 Å². The van der Waals surface area contributed by atoms with Crippen LogP contribution in [0.2, 0.25) is 0 Å². The lowest BCUT2D eigenvalue weighted by atomic mass is 9.96. The monoisotopic (exact) mass is 387 g/mol. The van der Waals surface area contributed by atoms with Gasteiger partial charge in [-0.05, 0) is 56.7 Å². The number of nitrogens with one attached hydrogen (secondary N) is 1. The lowest BCUT2D eigenvalue weighted by molar-refractivity contribution is -0.125. The van der Waals surface area contributed by atoms with Crippen LogP contribution in [0.25, 0.3) is 0 Å². The molecule has 142 valence electrons. The second-order valence-corrected chi connectivity index (χ2v) is 7.22. The summed E-state index contributed by atoms with van der Waals surface area (Å²) in [7, 11) is 0. The molecule has 2 unspecified atom stereocenters. The lowest BCUT2D eigenvalue weighted by Crippen LogP contribution is -2.39. The maximum atomic E-state index is 12.2. The molecule has 3 N–H and O–H groups in total. The van der Waals surface area contributed by atoms with E-state index in [1.54, 1.807) is 0 Å². The molecule has 3 rings (SSSR count). The Bertz CT molecular complexity index is 507. The van der Waals surface area contributed by atoms with Crippen molar-refractivity contribution in [2.75, 3.05) is 19.6 Å². The van der Waals surface area contributed by atoms with Gasteiger partial charge in [0.15, 0.2) is 0 Å². The van der Waals surface area contributed by atoms with Crippen LogP contribution in [0.4, 0.5) is 0 Å². The Balaban J connectivity index is 0.00000156. The lowest BCUT2D eigenvalue weighted by Gasteiger charge is -2.32. The summed E-state index contributed by atoms with van der Waals surface area (Å²) in [6.45, 7) is 4.14. The third-order valence-electron chi connectivity index (χ3n) is 5.37. The quantitative estimate of drug-likeness (QED) is 0.816. The normalized spacial score (nSPS) is 24.2. The summed E-state index contributed by atoms with van der Waals surface area (Å²) in [5, 5.41) is 3.17. The molecule has 2 fully saturated rings. The average molecular weight is 388 g/mol. The molecular weight excluding hydrogens is 357 g/mol. The van der Waals surface area contributed by atoms with Gasteiger partial charge in [0.2, 0.25) is 5.91 Å². The van der Waals surface area contributed by atoms with E-state index in [0.717, 1.165) is 45.4 Å². The minimum Gasteiger partial charge on any atom is -0.356 e. The number of carbonyl (C=O) groups is 1. The molecule has 0 radical (unpaired) electrons. The number of piperidine rings is 1. The van der Waals surface area contributed by atoms with Crippen LogP contribution < -0.4 is 11.1 Å². The maximum Gasteiger partial charge on any atom is 0.223 e. The van der Waals surface area contributed by atoms with E-state index in [4.69, 9.17) is 5.73 Å². The molecule has 0 bridgehead atoms. The minimum atomic E-state index is 0. The standard InChI is InChI=1S/C19H29N3O.2ClH/c20-18-7-6-17(12-18)19(23)21-13-15-8-10-22(11-9-15)14-16-4-2-1-3-5-16;;/h1-5,15,17-18H,6-14,20H2,(H,21,23);2*1H. The molecule has 1 amide bonds. The molecule has 0 spiro atoms. The Morgan fingerprint density at radius 3 is 2.36 bits per heavy atom. The number of hydrogen-bond donors (Lipinski definition) is 2. The van der Waals surface area contributed by atoms with E-state index in [1.807, 2.05) is 0 Å². The van der Waals surface area contributed by atoms with E-state index in [0.29, 0.717) is 5.92 Å². The van der Waals surface area contributed by atoms with Gasteiger partial charge < -0.3 is 11.1 Å². The van der Waals surface area contributed by atoms with Crippen LogP contribution >= 0.6 is 24.8 Å². The molecule has 25 heavy (non-hydrogen) atoms. The first kappa shape index (κ1) is 22.2. The van der Waals surface area contributed by atoms with Crippen LogP contribution in [0.15, 0.2) is 30.3 Å². The highest BCUT2D eigenvalue weighted by Crippen LogP contribution is 2.24. The molecular formula is C19H31Cl2N3O. The van der Waals surface area contributed by atoms with Crippen molar-refractivity contribution in [1.29, 1.82) is 0 Å². The zero-order chi connectivity index (χ0) is 16.1. The molecule has 1 saturated carbocycles. The molecule has 2 aliphatic rings. The maximum absolute atomic E-state index is 12.2. The van der Waals surface area contributed by atoms with Gasteiger partial charge in [-0.15, -0.1) is 24.8 Å². The van der Waals surface area contributed by atoms with Crippen LogP contribution in [-0.4, -0.2) is 36.5 Å². The summed E-state index contributed by atoms with van der Waals surface area (Å²) >= 11 is 0. The van der Waals surface area contributed by atoms with Crippen molar-refractivity contribution in [3.05, 3.63) is 35.9 Å². The Morgan fingerprint density at radius 1 is 1.08 bits per heavy atom. The molecule has 1 aliphatic heterocycles. The molecule has 1 aromatic rings. The fourth-order valence-electron chi connectivity index (χ4n) is 3.83. The Morgan fingerprint density at radius 2 is 1.76 bits per heavy atom. The largest absolute Gasteiger partial charge is 0.356 e. The van der Waals surface area contributed by atoms with E-state index in [2.05, 4.69) is 40.5 Å². The first-order valence-electron chi connectivity index (χ1n) is 9.00. The molecule has 1 aliphatic carbocycles. The summed E-state index contributed by atoms with van der Waals surface area (Å²) in [4.78, 5) is 14.7. The number of likely N-dealkylation sites (tertiary alicyclic amines) is 1. The smallest absolute Gasteiger partial charge is 0.223 e. The molecule has 0 aromatic heterocycles. The van der Waals surface area contributed by atoms with Gasteiger partial charge in [0.1, 0.15) is 0 Å². The Labute approximate surface area is 163 Å². The number of nitrogens with two attached hydrogens (primary N) is 1. The number of amides is 1. The van der Waals surface area contributed by atoms with Crippen LogP contribution in [0.1, 0.15) is 37.7 Å². The van der Waals surface area contributed by atoms with Gasteiger partial charge in [-0.25, -0.2) is 0 Å². The molecule has 1 heterocycles. The zero-order valence-corrected chi connectivity index (χ0v) is 16.4. The van der Waals surface area contributed by atoms with Crippen LogP contribution in [0.3, 0.4) is 0 Å². The van der Waals surface area contributed by atoms with Gasteiger partial charge in [0, 0.05) is 25.0 Å². The van der Waals surface area contributed by atoms with Gasteiger partial charge in [0.25, 0.3) is 0 Å². The number of carbonyl (C=O) groups excluding carboxylic acids is 1. The fraction of sp³-hybridized carbons (Fsp3) is 0.632. The highest BCUT2D eigenvalue weighted by molar-refractivity contribution is 5.85. The molecule has 1 aromatic carbocycles. The van der Waals surface area contributed by atoms with Crippen LogP contribution in [0.5, 0.6) is 0 Å². The van der Waals surface area contributed by atoms with Crippen molar-refractivity contribution in [3.8, 4) is 0 Å². The SMILES string of the molecule is Cl.Cl.NC1CCC(C(=O)NCC2CCN(Cc3ccccc3)CC2)C1. The molecule has 6 heteroatoms. The van der Waals surface area contributed by atoms with Crippen molar-refractivity contribution in [2.45, 2.75) is 44.7 Å². The third kappa shape index (κ3) is 6.78. The second kappa shape index (κ2) is 11.0. The second-order valence-electron chi connectivity index (χ2n) is 7.22. The van der Waals surface area contributed by atoms with Crippen LogP contribution in [-0.2, 0) is 11.3 Å². The Hall–Kier alpha value is -0.810. The number of benzene rings is 1. The average Bonchev–Trinajstić information content (AvgIpc) is 3.01. The summed E-state index contributed by atoms with van der Waals surface area (Å²) < 4.78 is 0. The van der Waals surface area contributed by atoms with E-state index in [1.165, 1.54) is 18.4 Å². The van der Waals surface area contributed by atoms with Gasteiger partial charge in [0.05, 0.1) is 0 Å². The first-order chi connectivity index (χ1) is 11.2. The number of halogens is 2. The van der Waals surface area contributed by atoms with Crippen molar-refractivity contribution < 1.29 is 4.79 Å². The topological polar surface area (TPSA) is 58.4 Å². The van der Waals surface area contributed by atoms with Crippen molar-refractivity contribution >= 4 is 30.7 Å². The van der Waals surface area contributed by atoms with E-state index in [9.17, 15) is 4.79 Å². The minimum absolute atomic E-state index is 0. The first-order valence-corrected chi connectivity index (χ1v) is 9.00. The van der Waals surface area contributed by atoms with E-state index >= 15 is 0 Å². The zero-order valence-electron chi connectivity index (χ0n) is 14.7. The van der Waals surface area contributed by atoms with Gasteiger partial charge in [-0.3, -0.25) is 9.69 Å². The highest BCUT2D eigenvalue weighted by atomic mass is 35.5. The predicted molar refractivity (Wildman–Crippen MR) is 107 cm³/mol. The number of nitrogens with zero attached hydrogens (tertiary/aromatic N) is 1.